The Morgan fingerprint density at radius 1 is 0.837 bits per heavy atom. The minimum absolute atomic E-state index is 0. The third kappa shape index (κ3) is 7.59. The van der Waals surface area contributed by atoms with E-state index in [1.807, 2.05) is 70.4 Å². The van der Waals surface area contributed by atoms with Crippen LogP contribution in [0.5, 0.6) is 0 Å². The average Bonchev–Trinajstić information content (AvgIpc) is 3.64. The fraction of sp³-hybridized carbons (Fsp3) is 0.395. The fourth-order valence-corrected chi connectivity index (χ4v) is 8.32. The number of thiophene rings is 2. The van der Waals surface area contributed by atoms with E-state index in [1.54, 1.807) is 0 Å². The van der Waals surface area contributed by atoms with Gasteiger partial charge in [-0.15, -0.1) is 51.8 Å². The minimum atomic E-state index is -0.337. The molecule has 3 aromatic heterocycles. The van der Waals surface area contributed by atoms with Gasteiger partial charge in [-0.2, -0.15) is 0 Å². The van der Waals surface area contributed by atoms with Crippen molar-refractivity contribution in [3.8, 4) is 11.3 Å². The molecule has 3 heterocycles. The molecule has 3 nitrogen and oxygen atoms in total. The summed E-state index contributed by atoms with van der Waals surface area (Å²) in [5, 5.41) is 18.7. The largest absolute Gasteiger partial charge is 0.512 e. The monoisotopic (exact) mass is 869 g/mol. The van der Waals surface area contributed by atoms with Gasteiger partial charge in [0, 0.05) is 63.0 Å². The minimum Gasteiger partial charge on any atom is -0.512 e. The number of hydrogen-bond donors (Lipinski definition) is 1. The van der Waals surface area contributed by atoms with Gasteiger partial charge in [0.1, 0.15) is 5.76 Å². The second-order valence-corrected chi connectivity index (χ2v) is 16.7. The number of aromatic nitrogens is 1. The predicted molar refractivity (Wildman–Crippen MR) is 211 cm³/mol. The first-order valence-electron chi connectivity index (χ1n) is 17.3. The Hall–Kier alpha value is -2.89. The number of carbonyl (C=O) groups excluding carboxylic acids is 1. The SMILES string of the molecule is CCC(C)(CC)C(=O)/C=C(\O)C(C)(CC)CC.Cc1csc2cc3c(cc12)sc1ccnc(-c2[c-]c4ccccc4c(C(C)(C)C)c2)c13.[Ir]. The molecule has 0 atom stereocenters. The summed E-state index contributed by atoms with van der Waals surface area (Å²) in [6.45, 7) is 21.1. The van der Waals surface area contributed by atoms with Crippen LogP contribution in [-0.4, -0.2) is 15.9 Å². The van der Waals surface area contributed by atoms with Crippen LogP contribution in [0.1, 0.15) is 99.1 Å². The number of nitrogens with zero attached hydrogens (tertiary/aromatic N) is 1. The molecule has 49 heavy (non-hydrogen) atoms. The number of aliphatic hydroxyl groups is 1. The van der Waals surface area contributed by atoms with Crippen LogP contribution in [0.4, 0.5) is 0 Å². The summed E-state index contributed by atoms with van der Waals surface area (Å²) in [6, 6.07) is 21.4. The Labute approximate surface area is 314 Å². The van der Waals surface area contributed by atoms with Crippen LogP contribution in [-0.2, 0) is 30.3 Å². The van der Waals surface area contributed by atoms with Crippen LogP contribution < -0.4 is 0 Å². The first-order chi connectivity index (χ1) is 22.7. The Kier molecular flexibility index (Phi) is 12.0. The van der Waals surface area contributed by atoms with Crippen LogP contribution in [0.3, 0.4) is 0 Å². The number of aliphatic hydroxyl groups excluding tert-OH is 1. The Morgan fingerprint density at radius 3 is 2.10 bits per heavy atom. The van der Waals surface area contributed by atoms with E-state index in [-0.39, 0.29) is 47.9 Å². The van der Waals surface area contributed by atoms with E-state index in [9.17, 15) is 9.90 Å². The van der Waals surface area contributed by atoms with E-state index < -0.39 is 0 Å². The standard InChI is InChI=1S/C28H22NS2.C15H28O2.Ir/c1-16-15-30-24-14-21-25(13-20(16)24)31-23-9-10-29-27(26(21)23)18-11-17-7-5-6-8-19(17)22(12-18)28(2,3)4;1-7-14(5,8-2)12(16)11-13(17)15(6,9-3)10-4;/h5-10,12-15H,1-4H3;11,16H,7-10H2,1-6H3;/q-1;;/b;12-11-;. The molecule has 0 unspecified atom stereocenters. The third-order valence-electron chi connectivity index (χ3n) is 10.7. The number of hydrogen-bond acceptors (Lipinski definition) is 5. The van der Waals surface area contributed by atoms with Crippen molar-refractivity contribution in [3.05, 3.63) is 89.1 Å². The van der Waals surface area contributed by atoms with Crippen molar-refractivity contribution < 1.29 is 30.0 Å². The Bertz CT molecular complexity index is 2140. The summed E-state index contributed by atoms with van der Waals surface area (Å²) in [5.41, 5.74) is 4.24. The molecule has 6 heteroatoms. The first-order valence-corrected chi connectivity index (χ1v) is 19.0. The molecule has 1 radical (unpaired) electrons. The average molecular weight is 869 g/mol. The van der Waals surface area contributed by atoms with Gasteiger partial charge in [0.25, 0.3) is 0 Å². The third-order valence-corrected chi connectivity index (χ3v) is 12.9. The molecule has 0 aliphatic rings. The van der Waals surface area contributed by atoms with E-state index in [0.29, 0.717) is 0 Å². The van der Waals surface area contributed by atoms with Gasteiger partial charge >= 0.3 is 0 Å². The van der Waals surface area contributed by atoms with Crippen LogP contribution >= 0.6 is 22.7 Å². The van der Waals surface area contributed by atoms with Crippen LogP contribution in [0.2, 0.25) is 0 Å². The molecule has 0 fully saturated rings. The van der Waals surface area contributed by atoms with Gasteiger partial charge < -0.3 is 5.11 Å². The van der Waals surface area contributed by atoms with Crippen molar-refractivity contribution in [1.82, 2.24) is 4.98 Å². The van der Waals surface area contributed by atoms with Gasteiger partial charge in [0.05, 0.1) is 0 Å². The molecule has 261 valence electrons. The van der Waals surface area contributed by atoms with Crippen LogP contribution in [0.25, 0.3) is 52.3 Å². The summed E-state index contributed by atoms with van der Waals surface area (Å²) < 4.78 is 3.96. The van der Waals surface area contributed by atoms with Crippen molar-refractivity contribution in [1.29, 1.82) is 0 Å². The zero-order chi connectivity index (χ0) is 35.0. The smallest absolute Gasteiger partial charge is 0.164 e. The quantitative estimate of drug-likeness (QED) is 0.0942. The maximum atomic E-state index is 12.2. The van der Waals surface area contributed by atoms with Gasteiger partial charge in [0.2, 0.25) is 0 Å². The van der Waals surface area contributed by atoms with E-state index >= 15 is 0 Å². The second kappa shape index (κ2) is 15.2. The molecule has 0 amide bonds. The molecule has 6 aromatic rings. The molecule has 0 saturated heterocycles. The molecule has 3 aromatic carbocycles. The van der Waals surface area contributed by atoms with Crippen molar-refractivity contribution in [2.45, 2.75) is 100 Å². The molecule has 0 saturated carbocycles. The fourth-order valence-electron chi connectivity index (χ4n) is 6.23. The number of carbonyl (C=O) groups is 1. The van der Waals surface area contributed by atoms with Crippen molar-refractivity contribution in [3.63, 3.8) is 0 Å². The topological polar surface area (TPSA) is 50.2 Å². The molecular weight excluding hydrogens is 819 g/mol. The van der Waals surface area contributed by atoms with E-state index in [4.69, 9.17) is 4.98 Å². The van der Waals surface area contributed by atoms with Gasteiger partial charge in [-0.25, -0.2) is 0 Å². The zero-order valence-corrected chi connectivity index (χ0v) is 34.7. The molecule has 0 aliphatic carbocycles. The number of allylic oxidation sites excluding steroid dienone is 2. The zero-order valence-electron chi connectivity index (χ0n) is 30.6. The number of pyridine rings is 1. The molecular formula is C43H50IrNO2S2-. The maximum Gasteiger partial charge on any atom is 0.164 e. The number of rotatable bonds is 8. The summed E-state index contributed by atoms with van der Waals surface area (Å²) in [4.78, 5) is 17.1. The number of ketones is 1. The van der Waals surface area contributed by atoms with Crippen LogP contribution in [0.15, 0.2) is 71.9 Å². The Balaban J connectivity index is 0.000000260. The summed E-state index contributed by atoms with van der Waals surface area (Å²) in [5.74, 6) is 0.286. The normalized spacial score (nSPS) is 12.7. The molecule has 0 aliphatic heterocycles. The summed E-state index contributed by atoms with van der Waals surface area (Å²) in [6.07, 6.45) is 6.70. The maximum absolute atomic E-state index is 12.2. The van der Waals surface area contributed by atoms with Gasteiger partial charge in [-0.05, 0) is 83.3 Å². The van der Waals surface area contributed by atoms with Gasteiger partial charge in [-0.1, -0.05) is 91.5 Å². The predicted octanol–water partition coefficient (Wildman–Crippen LogP) is 13.5. The number of aryl methyl sites for hydroxylation is 1. The van der Waals surface area contributed by atoms with E-state index in [0.717, 1.165) is 42.3 Å². The Morgan fingerprint density at radius 2 is 1.47 bits per heavy atom. The summed E-state index contributed by atoms with van der Waals surface area (Å²) in [7, 11) is 0. The molecule has 6 rings (SSSR count). The van der Waals surface area contributed by atoms with Crippen molar-refractivity contribution in [2.75, 3.05) is 0 Å². The molecule has 1 N–H and O–H groups in total. The van der Waals surface area contributed by atoms with E-state index in [2.05, 4.69) is 87.7 Å². The summed E-state index contributed by atoms with van der Waals surface area (Å²) >= 11 is 3.69. The van der Waals surface area contributed by atoms with Crippen LogP contribution in [0, 0.1) is 23.8 Å². The molecule has 0 bridgehead atoms. The van der Waals surface area contributed by atoms with E-state index in [1.165, 1.54) is 52.8 Å². The van der Waals surface area contributed by atoms with Gasteiger partial charge in [-0.3, -0.25) is 9.78 Å². The van der Waals surface area contributed by atoms with Gasteiger partial charge in [0.15, 0.2) is 5.78 Å². The first kappa shape index (κ1) is 38.9. The number of benzene rings is 3. The second-order valence-electron chi connectivity index (χ2n) is 14.7. The molecule has 0 spiro atoms. The van der Waals surface area contributed by atoms with Crippen molar-refractivity contribution >= 4 is 69.5 Å². The number of fused-ring (bicyclic) bond motifs is 5. The van der Waals surface area contributed by atoms with Crippen molar-refractivity contribution in [2.24, 2.45) is 10.8 Å².